The van der Waals surface area contributed by atoms with Crippen molar-refractivity contribution in [1.82, 2.24) is 8.61 Å². The van der Waals surface area contributed by atoms with Gasteiger partial charge in [0.1, 0.15) is 5.84 Å². The number of nitrogens with two attached hydrogens (primary N) is 1. The summed E-state index contributed by atoms with van der Waals surface area (Å²) in [6, 6.07) is 0.0537. The van der Waals surface area contributed by atoms with Gasteiger partial charge in [-0.05, 0) is 32.6 Å². The van der Waals surface area contributed by atoms with E-state index in [-0.39, 0.29) is 17.8 Å². The van der Waals surface area contributed by atoms with Crippen LogP contribution in [0.4, 0.5) is 0 Å². The molecule has 0 aromatic rings. The monoisotopic (exact) mass is 304 g/mol. The van der Waals surface area contributed by atoms with Gasteiger partial charge >= 0.3 is 0 Å². The highest BCUT2D eigenvalue weighted by atomic mass is 32.2. The molecule has 2 saturated heterocycles. The highest BCUT2D eigenvalue weighted by Crippen LogP contribution is 2.26. The van der Waals surface area contributed by atoms with Crippen LogP contribution < -0.4 is 5.73 Å². The molecule has 0 saturated carbocycles. The van der Waals surface area contributed by atoms with Crippen LogP contribution >= 0.6 is 0 Å². The first-order chi connectivity index (χ1) is 9.46. The van der Waals surface area contributed by atoms with E-state index >= 15 is 0 Å². The molecule has 0 radical (unpaired) electrons. The van der Waals surface area contributed by atoms with Crippen molar-refractivity contribution < 1.29 is 13.6 Å². The summed E-state index contributed by atoms with van der Waals surface area (Å²) in [6.07, 6.45) is 4.41. The maximum atomic E-state index is 12.7. The van der Waals surface area contributed by atoms with Crippen LogP contribution in [0.25, 0.3) is 0 Å². The minimum atomic E-state index is -3.43. The largest absolute Gasteiger partial charge is 0.409 e. The van der Waals surface area contributed by atoms with Gasteiger partial charge in [0, 0.05) is 31.6 Å². The molecule has 0 spiro atoms. The molecule has 0 aliphatic carbocycles. The highest BCUT2D eigenvalue weighted by Gasteiger charge is 2.37. The fourth-order valence-corrected chi connectivity index (χ4v) is 4.98. The smallest absolute Gasteiger partial charge is 0.282 e. The quantitative estimate of drug-likeness (QED) is 0.344. The number of hydrogen-bond donors (Lipinski definition) is 2. The van der Waals surface area contributed by atoms with E-state index in [0.29, 0.717) is 19.6 Å². The van der Waals surface area contributed by atoms with Crippen molar-refractivity contribution in [3.8, 4) is 0 Å². The predicted octanol–water partition coefficient (Wildman–Crippen LogP) is 0.564. The average molecular weight is 304 g/mol. The van der Waals surface area contributed by atoms with Crippen LogP contribution in [0.2, 0.25) is 0 Å². The highest BCUT2D eigenvalue weighted by molar-refractivity contribution is 7.86. The van der Waals surface area contributed by atoms with Crippen molar-refractivity contribution in [3.05, 3.63) is 0 Å². The van der Waals surface area contributed by atoms with E-state index in [2.05, 4.69) is 5.16 Å². The second kappa shape index (κ2) is 6.28. The van der Waals surface area contributed by atoms with Gasteiger partial charge in [-0.15, -0.1) is 0 Å². The van der Waals surface area contributed by atoms with E-state index in [0.717, 1.165) is 32.1 Å². The average Bonchev–Trinajstić information content (AvgIpc) is 2.47. The van der Waals surface area contributed by atoms with Crippen LogP contribution in [0.3, 0.4) is 0 Å². The molecule has 2 aliphatic rings. The Labute approximate surface area is 120 Å². The van der Waals surface area contributed by atoms with Gasteiger partial charge in [0.25, 0.3) is 10.2 Å². The maximum Gasteiger partial charge on any atom is 0.282 e. The van der Waals surface area contributed by atoms with Gasteiger partial charge in [-0.3, -0.25) is 0 Å². The summed E-state index contributed by atoms with van der Waals surface area (Å²) in [6.45, 7) is 3.37. The van der Waals surface area contributed by atoms with E-state index in [1.807, 2.05) is 6.92 Å². The minimum Gasteiger partial charge on any atom is -0.409 e. The number of piperidine rings is 2. The van der Waals surface area contributed by atoms with Crippen LogP contribution in [0.5, 0.6) is 0 Å². The Morgan fingerprint density at radius 3 is 2.65 bits per heavy atom. The Morgan fingerprint density at radius 1 is 1.25 bits per heavy atom. The molecule has 8 heteroatoms. The van der Waals surface area contributed by atoms with Gasteiger partial charge in [-0.2, -0.15) is 17.0 Å². The molecule has 20 heavy (non-hydrogen) atoms. The zero-order chi connectivity index (χ0) is 14.8. The van der Waals surface area contributed by atoms with Crippen LogP contribution in [0.1, 0.15) is 39.0 Å². The fraction of sp³-hybridized carbons (Fsp3) is 0.917. The number of hydrogen-bond acceptors (Lipinski definition) is 4. The first-order valence-electron chi connectivity index (χ1n) is 7.21. The predicted molar refractivity (Wildman–Crippen MR) is 76.6 cm³/mol. The van der Waals surface area contributed by atoms with Crippen LogP contribution in [-0.2, 0) is 10.2 Å². The summed E-state index contributed by atoms with van der Waals surface area (Å²) in [5.74, 6) is -0.0692. The maximum absolute atomic E-state index is 12.7. The molecule has 2 heterocycles. The van der Waals surface area contributed by atoms with Crippen LogP contribution in [0, 0.1) is 5.92 Å². The van der Waals surface area contributed by atoms with Crippen molar-refractivity contribution in [2.45, 2.75) is 45.1 Å². The zero-order valence-electron chi connectivity index (χ0n) is 11.9. The SMILES string of the molecule is CC1CCCCN1S(=O)(=O)N1CCCC(C(N)=NO)C1. The molecule has 2 aliphatic heterocycles. The molecular weight excluding hydrogens is 280 g/mol. The van der Waals surface area contributed by atoms with E-state index in [9.17, 15) is 8.42 Å². The standard InChI is InChI=1S/C12H24N4O3S/c1-10-5-2-3-8-16(10)20(18,19)15-7-4-6-11(9-15)12(13)14-17/h10-11,17H,2-9H2,1H3,(H2,13,14). The van der Waals surface area contributed by atoms with Crippen molar-refractivity contribution in [1.29, 1.82) is 0 Å². The van der Waals surface area contributed by atoms with Crippen molar-refractivity contribution in [2.75, 3.05) is 19.6 Å². The Hall–Kier alpha value is -0.860. The summed E-state index contributed by atoms with van der Waals surface area (Å²) in [4.78, 5) is 0. The van der Waals surface area contributed by atoms with Gasteiger partial charge in [0.2, 0.25) is 0 Å². The first kappa shape index (κ1) is 15.5. The van der Waals surface area contributed by atoms with E-state index in [1.165, 1.54) is 4.31 Å². The summed E-state index contributed by atoms with van der Waals surface area (Å²) in [5.41, 5.74) is 5.62. The first-order valence-corrected chi connectivity index (χ1v) is 8.61. The summed E-state index contributed by atoms with van der Waals surface area (Å²) in [5, 5.41) is 11.8. The van der Waals surface area contributed by atoms with Gasteiger partial charge < -0.3 is 10.9 Å². The van der Waals surface area contributed by atoms with E-state index < -0.39 is 10.2 Å². The van der Waals surface area contributed by atoms with Gasteiger partial charge in [0.05, 0.1) is 0 Å². The van der Waals surface area contributed by atoms with Crippen molar-refractivity contribution in [2.24, 2.45) is 16.8 Å². The summed E-state index contributed by atoms with van der Waals surface area (Å²) >= 11 is 0. The molecule has 2 unspecified atom stereocenters. The lowest BCUT2D eigenvalue weighted by Crippen LogP contribution is -2.53. The Balaban J connectivity index is 2.12. The van der Waals surface area contributed by atoms with E-state index in [4.69, 9.17) is 10.9 Å². The number of amidine groups is 1. The lowest BCUT2D eigenvalue weighted by molar-refractivity contribution is 0.225. The molecule has 3 N–H and O–H groups in total. The Kier molecular flexibility index (Phi) is 4.87. The van der Waals surface area contributed by atoms with Crippen molar-refractivity contribution >= 4 is 16.0 Å². The lowest BCUT2D eigenvalue weighted by atomic mass is 9.99. The molecule has 2 fully saturated rings. The number of nitrogens with zero attached hydrogens (tertiary/aromatic N) is 3. The normalized spacial score (nSPS) is 31.4. The van der Waals surface area contributed by atoms with Crippen LogP contribution in [0.15, 0.2) is 5.16 Å². The third-order valence-corrected chi connectivity index (χ3v) is 6.40. The van der Waals surface area contributed by atoms with Gasteiger partial charge in [-0.25, -0.2) is 0 Å². The molecule has 0 amide bonds. The number of rotatable bonds is 3. The molecule has 0 aromatic carbocycles. The Morgan fingerprint density at radius 2 is 2.00 bits per heavy atom. The molecule has 7 nitrogen and oxygen atoms in total. The third-order valence-electron chi connectivity index (χ3n) is 4.28. The van der Waals surface area contributed by atoms with E-state index in [1.54, 1.807) is 4.31 Å². The lowest BCUT2D eigenvalue weighted by Gasteiger charge is -2.39. The zero-order valence-corrected chi connectivity index (χ0v) is 12.7. The third kappa shape index (κ3) is 3.07. The molecule has 2 atom stereocenters. The molecule has 0 bridgehead atoms. The Bertz CT molecular complexity index is 465. The molecule has 0 aromatic heterocycles. The summed E-state index contributed by atoms with van der Waals surface area (Å²) < 4.78 is 28.5. The fourth-order valence-electron chi connectivity index (χ4n) is 3.04. The second-order valence-electron chi connectivity index (χ2n) is 5.69. The molecule has 116 valence electrons. The topological polar surface area (TPSA) is 99.2 Å². The van der Waals surface area contributed by atoms with Gasteiger partial charge in [-0.1, -0.05) is 11.6 Å². The summed E-state index contributed by atoms with van der Waals surface area (Å²) in [7, 11) is -3.43. The van der Waals surface area contributed by atoms with Crippen molar-refractivity contribution in [3.63, 3.8) is 0 Å². The van der Waals surface area contributed by atoms with Crippen LogP contribution in [-0.4, -0.2) is 53.7 Å². The molecule has 2 rings (SSSR count). The number of oxime groups is 1. The second-order valence-corrected chi connectivity index (χ2v) is 7.57. The molecular formula is C12H24N4O3S. The van der Waals surface area contributed by atoms with Gasteiger partial charge in [0.15, 0.2) is 0 Å². The minimum absolute atomic E-state index is 0.0537.